The summed E-state index contributed by atoms with van der Waals surface area (Å²) in [6, 6.07) is 27.5. The molecular formula is C24H19N3. The summed E-state index contributed by atoms with van der Waals surface area (Å²) in [6.07, 6.45) is 1.14. The maximum atomic E-state index is 9.15. The second-order valence-electron chi connectivity index (χ2n) is 7.14. The van der Waals surface area contributed by atoms with Crippen LogP contribution in [0.1, 0.15) is 23.0 Å². The highest BCUT2D eigenvalue weighted by Gasteiger charge is 2.24. The molecule has 4 aromatic rings. The Kier molecular flexibility index (Phi) is 3.51. The van der Waals surface area contributed by atoms with Gasteiger partial charge in [-0.05, 0) is 60.0 Å². The van der Waals surface area contributed by atoms with Gasteiger partial charge in [-0.25, -0.2) is 0 Å². The van der Waals surface area contributed by atoms with Crippen molar-refractivity contribution in [3.8, 4) is 17.2 Å². The molecule has 5 rings (SSSR count). The van der Waals surface area contributed by atoms with Gasteiger partial charge in [0.05, 0.1) is 17.1 Å². The molecule has 3 heteroatoms. The predicted molar refractivity (Wildman–Crippen MR) is 110 cm³/mol. The summed E-state index contributed by atoms with van der Waals surface area (Å²) in [6.45, 7) is 2.13. The van der Waals surface area contributed by atoms with Crippen molar-refractivity contribution < 1.29 is 0 Å². The SMILES string of the molecule is Cc1cc2cc(C#N)ccc2n1C1Cc2cc(-c3ccccc3)ccc2N1. The van der Waals surface area contributed by atoms with E-state index in [0.29, 0.717) is 5.56 Å². The van der Waals surface area contributed by atoms with Gasteiger partial charge in [0.1, 0.15) is 6.17 Å². The van der Waals surface area contributed by atoms with E-state index in [2.05, 4.69) is 77.5 Å². The first-order valence-corrected chi connectivity index (χ1v) is 9.19. The molecule has 27 heavy (non-hydrogen) atoms. The Hall–Kier alpha value is -3.51. The van der Waals surface area contributed by atoms with Crippen LogP contribution in [0.25, 0.3) is 22.0 Å². The molecule has 0 amide bonds. The van der Waals surface area contributed by atoms with Gasteiger partial charge in [0.15, 0.2) is 0 Å². The van der Waals surface area contributed by atoms with Crippen LogP contribution in [0, 0.1) is 18.3 Å². The van der Waals surface area contributed by atoms with Crippen LogP contribution in [0.5, 0.6) is 0 Å². The molecule has 1 unspecified atom stereocenters. The minimum absolute atomic E-state index is 0.191. The smallest absolute Gasteiger partial charge is 0.108 e. The number of anilines is 1. The molecule has 0 bridgehead atoms. The zero-order valence-electron chi connectivity index (χ0n) is 15.1. The fourth-order valence-electron chi connectivity index (χ4n) is 4.17. The van der Waals surface area contributed by atoms with Crippen molar-refractivity contribution in [1.29, 1.82) is 5.26 Å². The molecule has 0 radical (unpaired) electrons. The summed E-state index contributed by atoms with van der Waals surface area (Å²) < 4.78 is 2.35. The summed E-state index contributed by atoms with van der Waals surface area (Å²) >= 11 is 0. The molecule has 0 saturated carbocycles. The van der Waals surface area contributed by atoms with Crippen molar-refractivity contribution >= 4 is 16.6 Å². The zero-order chi connectivity index (χ0) is 18.4. The van der Waals surface area contributed by atoms with Crippen molar-refractivity contribution in [2.24, 2.45) is 0 Å². The largest absolute Gasteiger partial charge is 0.364 e. The molecule has 0 aliphatic carbocycles. The van der Waals surface area contributed by atoms with E-state index in [-0.39, 0.29) is 6.17 Å². The van der Waals surface area contributed by atoms with Crippen LogP contribution in [0.4, 0.5) is 5.69 Å². The number of benzene rings is 3. The molecule has 0 saturated heterocycles. The van der Waals surface area contributed by atoms with Gasteiger partial charge in [0.2, 0.25) is 0 Å². The summed E-state index contributed by atoms with van der Waals surface area (Å²) in [5, 5.41) is 13.9. The minimum atomic E-state index is 0.191. The van der Waals surface area contributed by atoms with E-state index < -0.39 is 0 Å². The lowest BCUT2D eigenvalue weighted by Crippen LogP contribution is -2.15. The Morgan fingerprint density at radius 2 is 1.81 bits per heavy atom. The van der Waals surface area contributed by atoms with E-state index in [0.717, 1.165) is 11.8 Å². The first kappa shape index (κ1) is 15.7. The van der Waals surface area contributed by atoms with Gasteiger partial charge < -0.3 is 9.88 Å². The van der Waals surface area contributed by atoms with E-state index in [9.17, 15) is 0 Å². The highest BCUT2D eigenvalue weighted by atomic mass is 15.2. The number of nitriles is 1. The first-order chi connectivity index (χ1) is 13.2. The molecule has 3 aromatic carbocycles. The Bertz CT molecular complexity index is 1200. The van der Waals surface area contributed by atoms with E-state index in [1.165, 1.54) is 33.6 Å². The Labute approximate surface area is 158 Å². The van der Waals surface area contributed by atoms with E-state index in [1.807, 2.05) is 18.2 Å². The van der Waals surface area contributed by atoms with E-state index >= 15 is 0 Å². The first-order valence-electron chi connectivity index (χ1n) is 9.19. The maximum Gasteiger partial charge on any atom is 0.108 e. The van der Waals surface area contributed by atoms with Crippen LogP contribution in [-0.4, -0.2) is 4.57 Å². The lowest BCUT2D eigenvalue weighted by molar-refractivity contribution is 0.590. The summed E-state index contributed by atoms with van der Waals surface area (Å²) in [5.41, 5.74) is 8.12. The number of rotatable bonds is 2. The minimum Gasteiger partial charge on any atom is -0.364 e. The second-order valence-corrected chi connectivity index (χ2v) is 7.14. The molecule has 0 spiro atoms. The molecule has 1 aromatic heterocycles. The number of nitrogens with one attached hydrogen (secondary N) is 1. The molecule has 1 aliphatic rings. The molecule has 130 valence electrons. The van der Waals surface area contributed by atoms with Crippen LogP contribution in [-0.2, 0) is 6.42 Å². The van der Waals surface area contributed by atoms with Gasteiger partial charge in [-0.1, -0.05) is 36.4 Å². The number of fused-ring (bicyclic) bond motifs is 2. The fraction of sp³-hybridized carbons (Fsp3) is 0.125. The highest BCUT2D eigenvalue weighted by Crippen LogP contribution is 2.37. The van der Waals surface area contributed by atoms with Gasteiger partial charge in [-0.3, -0.25) is 0 Å². The van der Waals surface area contributed by atoms with Crippen LogP contribution >= 0.6 is 0 Å². The van der Waals surface area contributed by atoms with Gasteiger partial charge in [-0.2, -0.15) is 5.26 Å². The third-order valence-corrected chi connectivity index (χ3v) is 5.42. The molecule has 1 atom stereocenters. The Morgan fingerprint density at radius 3 is 2.63 bits per heavy atom. The van der Waals surface area contributed by atoms with Crippen molar-refractivity contribution in [3.63, 3.8) is 0 Å². The second kappa shape index (κ2) is 6.03. The third-order valence-electron chi connectivity index (χ3n) is 5.42. The highest BCUT2D eigenvalue weighted by molar-refractivity contribution is 5.83. The maximum absolute atomic E-state index is 9.15. The van der Waals surface area contributed by atoms with Crippen molar-refractivity contribution in [2.45, 2.75) is 19.5 Å². The lowest BCUT2D eigenvalue weighted by atomic mass is 10.0. The number of aromatic nitrogens is 1. The quantitative estimate of drug-likeness (QED) is 0.507. The van der Waals surface area contributed by atoms with Crippen LogP contribution in [0.2, 0.25) is 0 Å². The summed E-state index contributed by atoms with van der Waals surface area (Å²) in [5.74, 6) is 0. The summed E-state index contributed by atoms with van der Waals surface area (Å²) in [4.78, 5) is 0. The lowest BCUT2D eigenvalue weighted by Gasteiger charge is -2.17. The third kappa shape index (κ3) is 2.58. The average molecular weight is 349 g/mol. The van der Waals surface area contributed by atoms with Gasteiger partial charge in [0, 0.05) is 23.2 Å². The molecule has 0 fully saturated rings. The standard InChI is InChI=1S/C24H19N3/c1-16-11-21-12-17(15-25)7-10-23(21)27(16)24-14-20-13-19(8-9-22(20)26-24)18-5-3-2-4-6-18/h2-13,24,26H,14H2,1H3. The zero-order valence-corrected chi connectivity index (χ0v) is 15.1. The number of nitrogens with zero attached hydrogens (tertiary/aromatic N) is 2. The van der Waals surface area contributed by atoms with Gasteiger partial charge in [-0.15, -0.1) is 0 Å². The molecule has 1 aliphatic heterocycles. The van der Waals surface area contributed by atoms with E-state index in [4.69, 9.17) is 5.26 Å². The van der Waals surface area contributed by atoms with Gasteiger partial charge in [0.25, 0.3) is 0 Å². The average Bonchev–Trinajstić information content (AvgIpc) is 3.26. The normalized spacial score (nSPS) is 15.3. The van der Waals surface area contributed by atoms with Crippen LogP contribution < -0.4 is 5.32 Å². The van der Waals surface area contributed by atoms with Crippen molar-refractivity contribution in [1.82, 2.24) is 4.57 Å². The number of aryl methyl sites for hydroxylation is 1. The van der Waals surface area contributed by atoms with Crippen LogP contribution in [0.15, 0.2) is 72.8 Å². The van der Waals surface area contributed by atoms with Crippen molar-refractivity contribution in [2.75, 3.05) is 5.32 Å². The molecular weight excluding hydrogens is 330 g/mol. The molecule has 2 heterocycles. The molecule has 1 N–H and O–H groups in total. The van der Waals surface area contributed by atoms with Crippen molar-refractivity contribution in [3.05, 3.63) is 89.6 Å². The topological polar surface area (TPSA) is 40.8 Å². The summed E-state index contributed by atoms with van der Waals surface area (Å²) in [7, 11) is 0. The number of hydrogen-bond donors (Lipinski definition) is 1. The number of hydrogen-bond acceptors (Lipinski definition) is 2. The molecule has 3 nitrogen and oxygen atoms in total. The Balaban J connectivity index is 1.52. The fourth-order valence-corrected chi connectivity index (χ4v) is 4.17. The predicted octanol–water partition coefficient (Wildman–Crippen LogP) is 5.66. The monoisotopic (exact) mass is 349 g/mol. The van der Waals surface area contributed by atoms with Gasteiger partial charge >= 0.3 is 0 Å². The van der Waals surface area contributed by atoms with E-state index in [1.54, 1.807) is 0 Å². The Morgan fingerprint density at radius 1 is 0.963 bits per heavy atom. The van der Waals surface area contributed by atoms with Crippen LogP contribution in [0.3, 0.4) is 0 Å².